The zero-order chi connectivity index (χ0) is 12.1. The number of carboxylic acid groups (broad SMARTS) is 1. The van der Waals surface area contributed by atoms with Crippen LogP contribution in [0.5, 0.6) is 0 Å². The van der Waals surface area contributed by atoms with E-state index in [2.05, 4.69) is 10.6 Å². The highest BCUT2D eigenvalue weighted by Gasteiger charge is 2.14. The average Bonchev–Trinajstić information content (AvgIpc) is 2.00. The molecule has 0 rings (SSSR count). The van der Waals surface area contributed by atoms with Crippen molar-refractivity contribution in [2.75, 3.05) is 6.54 Å². The summed E-state index contributed by atoms with van der Waals surface area (Å²) in [5.41, 5.74) is -0.275. The van der Waals surface area contributed by atoms with Gasteiger partial charge in [0.2, 0.25) is 0 Å². The Bertz CT molecular complexity index is 233. The van der Waals surface area contributed by atoms with Crippen LogP contribution in [0, 0.1) is 5.92 Å². The summed E-state index contributed by atoms with van der Waals surface area (Å²) in [4.78, 5) is 21.7. The molecule has 0 saturated heterocycles. The van der Waals surface area contributed by atoms with Crippen LogP contribution in [0.2, 0.25) is 0 Å². The lowest BCUT2D eigenvalue weighted by Crippen LogP contribution is -2.46. The van der Waals surface area contributed by atoms with Crippen molar-refractivity contribution in [1.29, 1.82) is 0 Å². The second-order valence-electron chi connectivity index (χ2n) is 4.66. The van der Waals surface area contributed by atoms with E-state index in [0.717, 1.165) is 0 Å². The molecule has 0 aliphatic heterocycles. The number of hydrogen-bond donors (Lipinski definition) is 3. The third-order valence-electron chi connectivity index (χ3n) is 1.77. The molecule has 0 spiro atoms. The number of aliphatic carboxylic acids is 1. The van der Waals surface area contributed by atoms with Gasteiger partial charge in [-0.25, -0.2) is 4.79 Å². The Kier molecular flexibility index (Phi) is 5.11. The van der Waals surface area contributed by atoms with Crippen molar-refractivity contribution in [3.63, 3.8) is 0 Å². The van der Waals surface area contributed by atoms with Gasteiger partial charge < -0.3 is 15.7 Å². The summed E-state index contributed by atoms with van der Waals surface area (Å²) in [5.74, 6) is -1.27. The van der Waals surface area contributed by atoms with Crippen LogP contribution in [0.3, 0.4) is 0 Å². The molecule has 88 valence electrons. The SMILES string of the molecule is CC(CCNC(=O)NC(C)(C)C)C(=O)O. The lowest BCUT2D eigenvalue weighted by Gasteiger charge is -2.20. The molecular formula is C10H20N2O3. The van der Waals surface area contributed by atoms with E-state index in [1.165, 1.54) is 0 Å². The molecule has 0 aromatic heterocycles. The highest BCUT2D eigenvalue weighted by atomic mass is 16.4. The zero-order valence-electron chi connectivity index (χ0n) is 9.76. The molecule has 5 nitrogen and oxygen atoms in total. The summed E-state index contributed by atoms with van der Waals surface area (Å²) < 4.78 is 0. The van der Waals surface area contributed by atoms with Crippen LogP contribution in [0.15, 0.2) is 0 Å². The largest absolute Gasteiger partial charge is 0.481 e. The minimum Gasteiger partial charge on any atom is -0.481 e. The highest BCUT2D eigenvalue weighted by Crippen LogP contribution is 2.00. The second-order valence-corrected chi connectivity index (χ2v) is 4.66. The van der Waals surface area contributed by atoms with E-state index in [1.54, 1.807) is 6.92 Å². The topological polar surface area (TPSA) is 78.4 Å². The fourth-order valence-corrected chi connectivity index (χ4v) is 0.910. The molecule has 0 heterocycles. The van der Waals surface area contributed by atoms with Crippen molar-refractivity contribution < 1.29 is 14.7 Å². The van der Waals surface area contributed by atoms with Crippen molar-refractivity contribution in [3.8, 4) is 0 Å². The van der Waals surface area contributed by atoms with Crippen LogP contribution < -0.4 is 10.6 Å². The molecule has 0 aromatic carbocycles. The second kappa shape index (κ2) is 5.58. The summed E-state index contributed by atoms with van der Waals surface area (Å²) in [5, 5.41) is 13.9. The summed E-state index contributed by atoms with van der Waals surface area (Å²) in [6.07, 6.45) is 0.437. The zero-order valence-corrected chi connectivity index (χ0v) is 9.76. The molecule has 0 fully saturated rings. The Balaban J connectivity index is 3.69. The standard InChI is InChI=1S/C10H20N2O3/c1-7(8(13)14)5-6-11-9(15)12-10(2,3)4/h7H,5-6H2,1-4H3,(H,13,14)(H2,11,12,15). The number of carbonyl (C=O) groups is 2. The number of urea groups is 1. The van der Waals surface area contributed by atoms with E-state index in [4.69, 9.17) is 5.11 Å². The van der Waals surface area contributed by atoms with Crippen LogP contribution in [0.1, 0.15) is 34.1 Å². The van der Waals surface area contributed by atoms with Crippen LogP contribution in [-0.2, 0) is 4.79 Å². The molecule has 1 unspecified atom stereocenters. The monoisotopic (exact) mass is 216 g/mol. The summed E-state index contributed by atoms with van der Waals surface area (Å²) in [6.45, 7) is 7.63. The number of amides is 2. The number of carboxylic acids is 1. The molecule has 2 amide bonds. The van der Waals surface area contributed by atoms with E-state index < -0.39 is 11.9 Å². The van der Waals surface area contributed by atoms with E-state index in [1.807, 2.05) is 20.8 Å². The predicted octanol–water partition coefficient (Wildman–Crippen LogP) is 1.19. The van der Waals surface area contributed by atoms with Gasteiger partial charge in [0.05, 0.1) is 5.92 Å². The van der Waals surface area contributed by atoms with Gasteiger partial charge in [-0.3, -0.25) is 4.79 Å². The molecular weight excluding hydrogens is 196 g/mol. The minimum atomic E-state index is -0.840. The van der Waals surface area contributed by atoms with Gasteiger partial charge in [0.15, 0.2) is 0 Å². The predicted molar refractivity (Wildman–Crippen MR) is 57.7 cm³/mol. The van der Waals surface area contributed by atoms with Gasteiger partial charge in [-0.2, -0.15) is 0 Å². The van der Waals surface area contributed by atoms with Crippen molar-refractivity contribution in [2.45, 2.75) is 39.7 Å². The molecule has 5 heteroatoms. The maximum atomic E-state index is 11.2. The van der Waals surface area contributed by atoms with E-state index in [0.29, 0.717) is 13.0 Å². The maximum absolute atomic E-state index is 11.2. The van der Waals surface area contributed by atoms with E-state index in [-0.39, 0.29) is 11.6 Å². The van der Waals surface area contributed by atoms with Crippen LogP contribution in [0.4, 0.5) is 4.79 Å². The quantitative estimate of drug-likeness (QED) is 0.660. The molecule has 0 bridgehead atoms. The third-order valence-corrected chi connectivity index (χ3v) is 1.77. The van der Waals surface area contributed by atoms with Gasteiger partial charge in [0.1, 0.15) is 0 Å². The van der Waals surface area contributed by atoms with E-state index >= 15 is 0 Å². The highest BCUT2D eigenvalue weighted by molar-refractivity contribution is 5.74. The minimum absolute atomic E-state index is 0.264. The van der Waals surface area contributed by atoms with Crippen LogP contribution >= 0.6 is 0 Å². The third kappa shape index (κ3) is 7.78. The Morgan fingerprint density at radius 1 is 1.33 bits per heavy atom. The summed E-state index contributed by atoms with van der Waals surface area (Å²) in [7, 11) is 0. The molecule has 15 heavy (non-hydrogen) atoms. The first-order valence-corrected chi connectivity index (χ1v) is 5.01. The summed E-state index contributed by atoms with van der Waals surface area (Å²) in [6, 6.07) is -0.264. The van der Waals surface area contributed by atoms with Crippen molar-refractivity contribution in [2.24, 2.45) is 5.92 Å². The molecule has 3 N–H and O–H groups in total. The Morgan fingerprint density at radius 2 is 1.87 bits per heavy atom. The van der Waals surface area contributed by atoms with Crippen LogP contribution in [-0.4, -0.2) is 29.2 Å². The van der Waals surface area contributed by atoms with Gasteiger partial charge in [0.25, 0.3) is 0 Å². The van der Waals surface area contributed by atoms with Crippen LogP contribution in [0.25, 0.3) is 0 Å². The van der Waals surface area contributed by atoms with Crippen molar-refractivity contribution in [1.82, 2.24) is 10.6 Å². The number of carbonyl (C=O) groups excluding carboxylic acids is 1. The number of hydrogen-bond acceptors (Lipinski definition) is 2. The van der Waals surface area contributed by atoms with Gasteiger partial charge in [-0.1, -0.05) is 6.92 Å². The molecule has 0 aliphatic carbocycles. The molecule has 1 atom stereocenters. The van der Waals surface area contributed by atoms with Gasteiger partial charge in [0, 0.05) is 12.1 Å². The molecule has 0 aliphatic rings. The average molecular weight is 216 g/mol. The number of rotatable bonds is 4. The van der Waals surface area contributed by atoms with E-state index in [9.17, 15) is 9.59 Å². The first-order valence-electron chi connectivity index (χ1n) is 5.01. The fourth-order valence-electron chi connectivity index (χ4n) is 0.910. The normalized spacial score (nSPS) is 13.1. The first kappa shape index (κ1) is 13.7. The van der Waals surface area contributed by atoms with Crippen molar-refractivity contribution in [3.05, 3.63) is 0 Å². The smallest absolute Gasteiger partial charge is 0.315 e. The fraction of sp³-hybridized carbons (Fsp3) is 0.800. The summed E-state index contributed by atoms with van der Waals surface area (Å²) >= 11 is 0. The Morgan fingerprint density at radius 3 is 2.27 bits per heavy atom. The number of nitrogens with one attached hydrogen (secondary N) is 2. The lowest BCUT2D eigenvalue weighted by atomic mass is 10.1. The molecule has 0 radical (unpaired) electrons. The molecule has 0 aromatic rings. The van der Waals surface area contributed by atoms with Crippen molar-refractivity contribution >= 4 is 12.0 Å². The maximum Gasteiger partial charge on any atom is 0.315 e. The lowest BCUT2D eigenvalue weighted by molar-refractivity contribution is -0.141. The Hall–Kier alpha value is -1.26. The molecule has 0 saturated carbocycles. The van der Waals surface area contributed by atoms with Gasteiger partial charge in [-0.05, 0) is 27.2 Å². The first-order chi connectivity index (χ1) is 6.72. The Labute approximate surface area is 90.2 Å². The van der Waals surface area contributed by atoms with Gasteiger partial charge in [-0.15, -0.1) is 0 Å². The van der Waals surface area contributed by atoms with Gasteiger partial charge >= 0.3 is 12.0 Å².